The summed E-state index contributed by atoms with van der Waals surface area (Å²) in [6.07, 6.45) is -1.17. The normalized spacial score (nSPS) is 12.1. The van der Waals surface area contributed by atoms with Crippen molar-refractivity contribution >= 4 is 17.7 Å². The first kappa shape index (κ1) is 15.6. The fourth-order valence-electron chi connectivity index (χ4n) is 1.34. The SMILES string of the molecule is CCOC(=O)C(C(=O)OCC)C(OC)C(C)=O. The van der Waals surface area contributed by atoms with E-state index in [4.69, 9.17) is 14.2 Å². The molecule has 6 nitrogen and oxygen atoms in total. The van der Waals surface area contributed by atoms with E-state index < -0.39 is 29.7 Å². The monoisotopic (exact) mass is 246 g/mol. The minimum Gasteiger partial charge on any atom is -0.465 e. The van der Waals surface area contributed by atoms with Gasteiger partial charge in [0.15, 0.2) is 11.7 Å². The molecule has 1 unspecified atom stereocenters. The van der Waals surface area contributed by atoms with Crippen LogP contribution < -0.4 is 0 Å². The molecule has 0 bridgehead atoms. The molecule has 0 fully saturated rings. The van der Waals surface area contributed by atoms with E-state index in [1.807, 2.05) is 0 Å². The molecule has 0 aromatic rings. The molecular weight excluding hydrogens is 228 g/mol. The number of carbonyl (C=O) groups excluding carboxylic acids is 3. The standard InChI is InChI=1S/C11H18O6/c1-5-16-10(13)8(11(14)17-6-2)9(15-4)7(3)12/h8-9H,5-6H2,1-4H3. The van der Waals surface area contributed by atoms with Gasteiger partial charge in [0.05, 0.1) is 13.2 Å². The van der Waals surface area contributed by atoms with Gasteiger partial charge in [-0.3, -0.25) is 14.4 Å². The van der Waals surface area contributed by atoms with Crippen LogP contribution in [0.4, 0.5) is 0 Å². The zero-order valence-corrected chi connectivity index (χ0v) is 10.5. The van der Waals surface area contributed by atoms with Gasteiger partial charge in [0.2, 0.25) is 0 Å². The number of hydrogen-bond acceptors (Lipinski definition) is 6. The maximum absolute atomic E-state index is 11.6. The Hall–Kier alpha value is -1.43. The summed E-state index contributed by atoms with van der Waals surface area (Å²) in [6, 6.07) is 0. The van der Waals surface area contributed by atoms with Crippen molar-refractivity contribution in [3.63, 3.8) is 0 Å². The van der Waals surface area contributed by atoms with Gasteiger partial charge in [-0.2, -0.15) is 0 Å². The summed E-state index contributed by atoms with van der Waals surface area (Å²) in [6.45, 7) is 4.68. The Morgan fingerprint density at radius 2 is 1.41 bits per heavy atom. The van der Waals surface area contributed by atoms with Gasteiger partial charge in [0, 0.05) is 7.11 Å². The molecule has 0 heterocycles. The summed E-state index contributed by atoms with van der Waals surface area (Å²) >= 11 is 0. The Balaban J connectivity index is 5.00. The Morgan fingerprint density at radius 3 is 1.65 bits per heavy atom. The van der Waals surface area contributed by atoms with Gasteiger partial charge in [-0.25, -0.2) is 0 Å². The van der Waals surface area contributed by atoms with E-state index in [1.54, 1.807) is 13.8 Å². The lowest BCUT2D eigenvalue weighted by atomic mass is 9.99. The first-order valence-corrected chi connectivity index (χ1v) is 5.36. The molecule has 0 aromatic carbocycles. The van der Waals surface area contributed by atoms with Crippen molar-refractivity contribution in [2.24, 2.45) is 5.92 Å². The summed E-state index contributed by atoms with van der Waals surface area (Å²) in [7, 11) is 1.25. The number of ketones is 1. The third-order valence-electron chi connectivity index (χ3n) is 2.04. The summed E-state index contributed by atoms with van der Waals surface area (Å²) in [5.41, 5.74) is 0. The fraction of sp³-hybridized carbons (Fsp3) is 0.727. The van der Waals surface area contributed by atoms with Crippen LogP contribution in [0.3, 0.4) is 0 Å². The van der Waals surface area contributed by atoms with Gasteiger partial charge in [-0.05, 0) is 20.8 Å². The predicted octanol–water partition coefficient (Wildman–Crippen LogP) is 0.333. The van der Waals surface area contributed by atoms with Crippen molar-refractivity contribution < 1.29 is 28.6 Å². The topological polar surface area (TPSA) is 78.9 Å². The highest BCUT2D eigenvalue weighted by atomic mass is 16.6. The lowest BCUT2D eigenvalue weighted by Gasteiger charge is -2.20. The van der Waals surface area contributed by atoms with Crippen LogP contribution >= 0.6 is 0 Å². The first-order valence-electron chi connectivity index (χ1n) is 5.36. The molecule has 0 aliphatic heterocycles. The minimum atomic E-state index is -1.36. The van der Waals surface area contributed by atoms with Crippen LogP contribution in [-0.2, 0) is 28.6 Å². The summed E-state index contributed by atoms with van der Waals surface area (Å²) in [5, 5.41) is 0. The van der Waals surface area contributed by atoms with Crippen molar-refractivity contribution in [1.29, 1.82) is 0 Å². The molecule has 0 aliphatic carbocycles. The van der Waals surface area contributed by atoms with E-state index in [2.05, 4.69) is 0 Å². The van der Waals surface area contributed by atoms with Crippen LogP contribution in [0.2, 0.25) is 0 Å². The van der Waals surface area contributed by atoms with Crippen LogP contribution in [0.1, 0.15) is 20.8 Å². The zero-order valence-electron chi connectivity index (χ0n) is 10.5. The second-order valence-electron chi connectivity index (χ2n) is 3.25. The molecule has 0 aromatic heterocycles. The van der Waals surface area contributed by atoms with E-state index >= 15 is 0 Å². The number of carbonyl (C=O) groups is 3. The molecule has 0 aliphatic rings. The van der Waals surface area contributed by atoms with E-state index in [-0.39, 0.29) is 13.2 Å². The highest BCUT2D eigenvalue weighted by molar-refractivity contribution is 6.01. The second-order valence-corrected chi connectivity index (χ2v) is 3.25. The van der Waals surface area contributed by atoms with E-state index in [0.29, 0.717) is 0 Å². The van der Waals surface area contributed by atoms with Gasteiger partial charge >= 0.3 is 11.9 Å². The Bertz CT molecular complexity index is 268. The first-order chi connectivity index (χ1) is 7.99. The number of hydrogen-bond donors (Lipinski definition) is 0. The third kappa shape index (κ3) is 4.52. The summed E-state index contributed by atoms with van der Waals surface area (Å²) in [5.74, 6) is -3.42. The fourth-order valence-corrected chi connectivity index (χ4v) is 1.34. The van der Waals surface area contributed by atoms with E-state index in [1.165, 1.54) is 14.0 Å². The average molecular weight is 246 g/mol. The van der Waals surface area contributed by atoms with Crippen molar-refractivity contribution in [3.8, 4) is 0 Å². The van der Waals surface area contributed by atoms with Crippen LogP contribution in [0.25, 0.3) is 0 Å². The molecule has 6 heteroatoms. The van der Waals surface area contributed by atoms with Crippen molar-refractivity contribution in [2.75, 3.05) is 20.3 Å². The van der Waals surface area contributed by atoms with Crippen molar-refractivity contribution in [3.05, 3.63) is 0 Å². The number of esters is 2. The van der Waals surface area contributed by atoms with Gasteiger partial charge in [0.25, 0.3) is 0 Å². The van der Waals surface area contributed by atoms with Gasteiger partial charge < -0.3 is 14.2 Å². The van der Waals surface area contributed by atoms with E-state index in [0.717, 1.165) is 0 Å². The summed E-state index contributed by atoms with van der Waals surface area (Å²) in [4.78, 5) is 34.5. The Morgan fingerprint density at radius 1 is 1.00 bits per heavy atom. The largest absolute Gasteiger partial charge is 0.465 e. The maximum atomic E-state index is 11.6. The smallest absolute Gasteiger partial charge is 0.323 e. The highest BCUT2D eigenvalue weighted by Crippen LogP contribution is 2.13. The van der Waals surface area contributed by atoms with Crippen LogP contribution in [0.5, 0.6) is 0 Å². The zero-order chi connectivity index (χ0) is 13.4. The Kier molecular flexibility index (Phi) is 7.13. The molecule has 0 radical (unpaired) electrons. The second kappa shape index (κ2) is 7.78. The third-order valence-corrected chi connectivity index (χ3v) is 2.04. The molecule has 0 amide bonds. The van der Waals surface area contributed by atoms with Crippen molar-refractivity contribution in [2.45, 2.75) is 26.9 Å². The van der Waals surface area contributed by atoms with Gasteiger partial charge in [-0.15, -0.1) is 0 Å². The van der Waals surface area contributed by atoms with Crippen LogP contribution in [0.15, 0.2) is 0 Å². The molecule has 98 valence electrons. The van der Waals surface area contributed by atoms with Crippen LogP contribution in [-0.4, -0.2) is 44.1 Å². The highest BCUT2D eigenvalue weighted by Gasteiger charge is 2.40. The number of rotatable bonds is 7. The van der Waals surface area contributed by atoms with Gasteiger partial charge in [0.1, 0.15) is 6.10 Å². The number of ether oxygens (including phenoxy) is 3. The molecule has 0 saturated carbocycles. The molecule has 0 N–H and O–H groups in total. The average Bonchev–Trinajstić information content (AvgIpc) is 2.25. The number of methoxy groups -OCH3 is 1. The molecule has 17 heavy (non-hydrogen) atoms. The maximum Gasteiger partial charge on any atom is 0.323 e. The molecule has 1 atom stereocenters. The number of Topliss-reactive ketones (excluding diaryl/α,β-unsaturated/α-hetero) is 1. The predicted molar refractivity (Wildman–Crippen MR) is 58.2 cm³/mol. The molecule has 0 rings (SSSR count). The summed E-state index contributed by atoms with van der Waals surface area (Å²) < 4.78 is 14.3. The lowest BCUT2D eigenvalue weighted by molar-refractivity contribution is -0.170. The van der Waals surface area contributed by atoms with E-state index in [9.17, 15) is 14.4 Å². The Labute approximate surface area is 100 Å². The van der Waals surface area contributed by atoms with Crippen LogP contribution in [0, 0.1) is 5.92 Å². The molecule has 0 saturated heterocycles. The van der Waals surface area contributed by atoms with Crippen molar-refractivity contribution in [1.82, 2.24) is 0 Å². The minimum absolute atomic E-state index is 0.114. The quantitative estimate of drug-likeness (QED) is 0.476. The lowest BCUT2D eigenvalue weighted by Crippen LogP contribution is -2.42. The molecular formula is C11H18O6. The van der Waals surface area contributed by atoms with Gasteiger partial charge in [-0.1, -0.05) is 0 Å². The molecule has 0 spiro atoms.